The van der Waals surface area contributed by atoms with Crippen molar-refractivity contribution in [2.75, 3.05) is 12.4 Å². The molecule has 3 N–H and O–H groups in total. The van der Waals surface area contributed by atoms with Crippen molar-refractivity contribution >= 4 is 17.7 Å². The molecule has 0 amide bonds. The second kappa shape index (κ2) is 14.1. The number of thioether (sulfide) groups is 1. The van der Waals surface area contributed by atoms with Crippen LogP contribution in [0.2, 0.25) is 0 Å². The van der Waals surface area contributed by atoms with Gasteiger partial charge in [0.2, 0.25) is 0 Å². The zero-order valence-corrected chi connectivity index (χ0v) is 20.8. The minimum atomic E-state index is -4.48. The second-order valence-corrected chi connectivity index (χ2v) is 10.2. The summed E-state index contributed by atoms with van der Waals surface area (Å²) in [5, 5.41) is 30.7. The number of carbonyl (C=O) groups excluding carboxylic acids is 1. The number of allylic oxidation sites excluding steroid dienone is 2. The molecule has 0 spiro atoms. The molecule has 1 fully saturated rings. The van der Waals surface area contributed by atoms with E-state index in [9.17, 15) is 33.3 Å². The van der Waals surface area contributed by atoms with Crippen LogP contribution < -0.4 is 4.74 Å². The Kier molecular flexibility index (Phi) is 11.9. The molecule has 1 aromatic rings. The highest BCUT2D eigenvalue weighted by molar-refractivity contribution is 8.00. The number of hydrogen-bond acceptors (Lipinski definition) is 7. The van der Waals surface area contributed by atoms with Crippen molar-refractivity contribution in [3.8, 4) is 5.75 Å². The molecule has 1 aliphatic carbocycles. The number of unbranched alkanes of at least 4 members (excludes halogenated alkanes) is 1. The first-order valence-electron chi connectivity index (χ1n) is 11.8. The Labute approximate surface area is 208 Å². The van der Waals surface area contributed by atoms with E-state index in [1.165, 1.54) is 23.9 Å². The van der Waals surface area contributed by atoms with E-state index in [4.69, 9.17) is 9.47 Å². The average molecular weight is 521 g/mol. The maximum Gasteiger partial charge on any atom is 0.416 e. The Morgan fingerprint density at radius 1 is 1.23 bits per heavy atom. The van der Waals surface area contributed by atoms with Crippen molar-refractivity contribution in [1.82, 2.24) is 0 Å². The molecule has 0 aliphatic heterocycles. The van der Waals surface area contributed by atoms with Gasteiger partial charge < -0.3 is 24.8 Å². The molecule has 2 rings (SSSR count). The van der Waals surface area contributed by atoms with E-state index < -0.39 is 30.1 Å². The summed E-state index contributed by atoms with van der Waals surface area (Å²) in [5.41, 5.74) is -0.826. The molecule has 35 heavy (non-hydrogen) atoms. The predicted molar refractivity (Wildman–Crippen MR) is 128 cm³/mol. The number of hydrogen-bond donors (Lipinski definition) is 3. The summed E-state index contributed by atoms with van der Waals surface area (Å²) >= 11 is 1.32. The molecule has 10 heteroatoms. The van der Waals surface area contributed by atoms with Gasteiger partial charge in [-0.2, -0.15) is 24.9 Å². The molecule has 1 aliphatic rings. The van der Waals surface area contributed by atoms with Crippen LogP contribution in [0.25, 0.3) is 0 Å². The highest BCUT2D eigenvalue weighted by Crippen LogP contribution is 2.38. The Morgan fingerprint density at radius 3 is 2.66 bits per heavy atom. The van der Waals surface area contributed by atoms with E-state index in [2.05, 4.69) is 0 Å². The summed E-state index contributed by atoms with van der Waals surface area (Å²) in [5.74, 6) is -0.213. The van der Waals surface area contributed by atoms with Crippen LogP contribution in [0.4, 0.5) is 13.2 Å². The van der Waals surface area contributed by atoms with Crippen LogP contribution in [0.15, 0.2) is 36.4 Å². The van der Waals surface area contributed by atoms with Gasteiger partial charge in [-0.1, -0.05) is 18.2 Å². The summed E-state index contributed by atoms with van der Waals surface area (Å²) in [6.07, 6.45) is -0.604. The van der Waals surface area contributed by atoms with Gasteiger partial charge in [0, 0.05) is 29.8 Å². The summed E-state index contributed by atoms with van der Waals surface area (Å²) in [4.78, 5) is 11.5. The smallest absolute Gasteiger partial charge is 0.416 e. The predicted octanol–water partition coefficient (Wildman–Crippen LogP) is 4.36. The number of alkyl halides is 3. The minimum absolute atomic E-state index is 0.0145. The zero-order valence-electron chi connectivity index (χ0n) is 20.0. The number of carbonyl (C=O) groups is 1. The van der Waals surface area contributed by atoms with Gasteiger partial charge in [-0.25, -0.2) is 0 Å². The number of esters is 1. The van der Waals surface area contributed by atoms with Crippen LogP contribution in [0, 0.1) is 5.92 Å². The largest absolute Gasteiger partial charge is 0.491 e. The van der Waals surface area contributed by atoms with Gasteiger partial charge in [-0.15, -0.1) is 0 Å². The third-order valence-electron chi connectivity index (χ3n) is 5.56. The fraction of sp³-hybridized carbons (Fsp3) is 0.640. The first kappa shape index (κ1) is 29.5. The van der Waals surface area contributed by atoms with E-state index in [1.54, 1.807) is 13.8 Å². The summed E-state index contributed by atoms with van der Waals surface area (Å²) in [6.45, 7) is 3.41. The van der Waals surface area contributed by atoms with E-state index in [1.807, 2.05) is 12.2 Å². The third-order valence-corrected chi connectivity index (χ3v) is 7.18. The molecule has 6 nitrogen and oxygen atoms in total. The number of halogens is 3. The number of aliphatic hydroxyl groups is 3. The van der Waals surface area contributed by atoms with Crippen molar-refractivity contribution in [3.05, 3.63) is 42.0 Å². The van der Waals surface area contributed by atoms with E-state index >= 15 is 0 Å². The molecule has 1 saturated carbocycles. The highest BCUT2D eigenvalue weighted by atomic mass is 32.2. The van der Waals surface area contributed by atoms with Crippen LogP contribution in [-0.2, 0) is 15.7 Å². The van der Waals surface area contributed by atoms with Gasteiger partial charge in [0.1, 0.15) is 12.4 Å². The average Bonchev–Trinajstić information content (AvgIpc) is 3.04. The second-order valence-electron chi connectivity index (χ2n) is 8.96. The van der Waals surface area contributed by atoms with Crippen molar-refractivity contribution < 1.29 is 42.8 Å². The van der Waals surface area contributed by atoms with Crippen LogP contribution in [-0.4, -0.2) is 63.3 Å². The van der Waals surface area contributed by atoms with Crippen LogP contribution >= 0.6 is 11.8 Å². The monoisotopic (exact) mass is 520 g/mol. The molecule has 0 bridgehead atoms. The van der Waals surface area contributed by atoms with Crippen LogP contribution in [0.5, 0.6) is 5.75 Å². The molecule has 5 atom stereocenters. The lowest BCUT2D eigenvalue weighted by atomic mass is 10.0. The van der Waals surface area contributed by atoms with Crippen LogP contribution in [0.3, 0.4) is 0 Å². The van der Waals surface area contributed by atoms with Crippen molar-refractivity contribution in [2.45, 2.75) is 81.8 Å². The summed E-state index contributed by atoms with van der Waals surface area (Å²) < 4.78 is 48.8. The number of aliphatic hydroxyl groups excluding tert-OH is 3. The normalized spacial score (nSPS) is 23.7. The first-order valence-corrected chi connectivity index (χ1v) is 12.8. The van der Waals surface area contributed by atoms with E-state index in [0.717, 1.165) is 12.1 Å². The number of rotatable bonds is 13. The molecule has 1 aromatic carbocycles. The SMILES string of the molecule is CC(C)OC(=O)CCC/C=C\C[C@H]1C(O)CC(O)C1SCC(O)COc1cccc(C(F)(F)F)c1. The fourth-order valence-corrected chi connectivity index (χ4v) is 5.28. The standard InChI is InChI=1S/C25H35F3O6S/c1-16(2)34-23(32)11-6-4-3-5-10-20-21(30)13-22(31)24(20)35-15-18(29)14-33-19-9-7-8-17(12-19)25(26,27)28/h3,5,7-9,12,16,18,20-22,24,29-31H,4,6,10-11,13-15H2,1-2H3/b5-3-/t18?,20-,21?,22?,24?/m0/s1. The lowest BCUT2D eigenvalue weighted by molar-refractivity contribution is -0.147. The maximum absolute atomic E-state index is 12.8. The maximum atomic E-state index is 12.8. The highest BCUT2D eigenvalue weighted by Gasteiger charge is 2.41. The molecule has 4 unspecified atom stereocenters. The summed E-state index contributed by atoms with van der Waals surface area (Å²) in [6, 6.07) is 4.46. The fourth-order valence-electron chi connectivity index (χ4n) is 3.87. The zero-order chi connectivity index (χ0) is 26.0. The minimum Gasteiger partial charge on any atom is -0.491 e. The number of benzene rings is 1. The molecule has 0 heterocycles. The molecular formula is C25H35F3O6S. The van der Waals surface area contributed by atoms with Gasteiger partial charge in [0.15, 0.2) is 0 Å². The van der Waals surface area contributed by atoms with Crippen molar-refractivity contribution in [2.24, 2.45) is 5.92 Å². The Morgan fingerprint density at radius 2 is 1.97 bits per heavy atom. The summed E-state index contributed by atoms with van der Waals surface area (Å²) in [7, 11) is 0. The van der Waals surface area contributed by atoms with Crippen molar-refractivity contribution in [3.63, 3.8) is 0 Å². The van der Waals surface area contributed by atoms with Gasteiger partial charge in [0.05, 0.1) is 30.0 Å². The third kappa shape index (κ3) is 10.4. The molecule has 0 radical (unpaired) electrons. The van der Waals surface area contributed by atoms with Gasteiger partial charge in [-0.05, 0) is 51.3 Å². The lowest BCUT2D eigenvalue weighted by Gasteiger charge is -2.23. The molecule has 0 aromatic heterocycles. The first-order chi connectivity index (χ1) is 16.5. The van der Waals surface area contributed by atoms with Gasteiger partial charge in [0.25, 0.3) is 0 Å². The lowest BCUT2D eigenvalue weighted by Crippen LogP contribution is -2.28. The Hall–Kier alpha value is -1.75. The molecular weight excluding hydrogens is 485 g/mol. The topological polar surface area (TPSA) is 96.2 Å². The number of ether oxygens (including phenoxy) is 2. The van der Waals surface area contributed by atoms with Crippen molar-refractivity contribution in [1.29, 1.82) is 0 Å². The van der Waals surface area contributed by atoms with E-state index in [0.29, 0.717) is 25.7 Å². The van der Waals surface area contributed by atoms with Crippen LogP contribution in [0.1, 0.15) is 51.5 Å². The van der Waals surface area contributed by atoms with Gasteiger partial charge >= 0.3 is 12.1 Å². The van der Waals surface area contributed by atoms with E-state index in [-0.39, 0.29) is 47.8 Å². The molecule has 0 saturated heterocycles. The Bertz CT molecular complexity index is 817. The Balaban J connectivity index is 1.76. The molecule has 198 valence electrons. The quantitative estimate of drug-likeness (QED) is 0.202. The van der Waals surface area contributed by atoms with Gasteiger partial charge in [-0.3, -0.25) is 4.79 Å².